The zero-order valence-corrected chi connectivity index (χ0v) is 7.63. The summed E-state index contributed by atoms with van der Waals surface area (Å²) in [4.78, 5) is 12.8. The third-order valence-corrected chi connectivity index (χ3v) is 1.66. The van der Waals surface area contributed by atoms with E-state index in [0.29, 0.717) is 17.5 Å². The molecule has 4 heteroatoms. The van der Waals surface area contributed by atoms with Gasteiger partial charge in [-0.2, -0.15) is 4.98 Å². The van der Waals surface area contributed by atoms with Crippen LogP contribution in [-0.4, -0.2) is 30.6 Å². The van der Waals surface area contributed by atoms with E-state index in [0.717, 1.165) is 6.54 Å². The van der Waals surface area contributed by atoms with Crippen molar-refractivity contribution in [2.24, 2.45) is 4.99 Å². The second-order valence-corrected chi connectivity index (χ2v) is 2.43. The van der Waals surface area contributed by atoms with Gasteiger partial charge in [0.1, 0.15) is 5.82 Å². The molecule has 1 rings (SSSR count). The number of anilines is 1. The lowest BCUT2D eigenvalue weighted by Crippen LogP contribution is -2.22. The molecule has 0 spiro atoms. The summed E-state index contributed by atoms with van der Waals surface area (Å²) in [6.07, 6.45) is 1.59. The Kier molecular flexibility index (Phi) is 2.38. The molecule has 1 aromatic heterocycles. The highest BCUT2D eigenvalue weighted by molar-refractivity contribution is 5.34. The molecule has 0 aliphatic heterocycles. The summed E-state index contributed by atoms with van der Waals surface area (Å²) in [6, 6.07) is 0.386. The smallest absolute Gasteiger partial charge is 0.223 e. The summed E-state index contributed by atoms with van der Waals surface area (Å²) < 4.78 is 7.60. The lowest BCUT2D eigenvalue weighted by molar-refractivity contribution is 0.895. The number of nitrogens with zero attached hydrogens (tertiary/aromatic N) is 3. The molecule has 0 bridgehead atoms. The van der Waals surface area contributed by atoms with Gasteiger partial charge >= 0.3 is 0 Å². The fourth-order valence-corrected chi connectivity index (χ4v) is 0.790. The number of H-pyrrole nitrogens is 1. The van der Waals surface area contributed by atoms with E-state index in [2.05, 4.69) is 15.0 Å². The predicted molar refractivity (Wildman–Crippen MR) is 49.0 cm³/mol. The largest absolute Gasteiger partial charge is 0.360 e. The second-order valence-electron chi connectivity index (χ2n) is 2.43. The summed E-state index contributed by atoms with van der Waals surface area (Å²) in [5.41, 5.74) is 0.548. The quantitative estimate of drug-likeness (QED) is 0.692. The molecule has 4 nitrogen and oxygen atoms in total. The normalized spacial score (nSPS) is 12.9. The molecule has 0 radical (unpaired) electrons. The van der Waals surface area contributed by atoms with Crippen molar-refractivity contribution < 1.29 is 1.37 Å². The van der Waals surface area contributed by atoms with Crippen LogP contribution in [0.1, 0.15) is 8.29 Å². The predicted octanol–water partition coefficient (Wildman–Crippen LogP) is 0.396. The van der Waals surface area contributed by atoms with Gasteiger partial charge in [-0.1, -0.05) is 0 Å². The molecule has 0 unspecified atom stereocenters. The van der Waals surface area contributed by atoms with Crippen molar-refractivity contribution in [1.82, 2.24) is 9.97 Å². The Balaban J connectivity index is 3.19. The molecule has 0 saturated carbocycles. The molecule has 1 heterocycles. The van der Waals surface area contributed by atoms with Crippen LogP contribution in [0.3, 0.4) is 0 Å². The Bertz CT molecular complexity index is 344. The lowest BCUT2D eigenvalue weighted by atomic mass is 10.5. The number of nitrogens with one attached hydrogen (secondary N) is 1. The fraction of sp³-hybridized carbons (Fsp3) is 0.500. The Morgan fingerprint density at radius 1 is 1.83 bits per heavy atom. The van der Waals surface area contributed by atoms with Crippen LogP contribution < -0.4 is 10.5 Å². The van der Waals surface area contributed by atoms with E-state index >= 15 is 0 Å². The molecular formula is C8H14N4. The monoisotopic (exact) mass is 167 g/mol. The average Bonchev–Trinajstić information content (AvgIpc) is 2.17. The first kappa shape index (κ1) is 7.34. The van der Waals surface area contributed by atoms with Crippen LogP contribution in [0.15, 0.2) is 17.2 Å². The minimum atomic E-state index is 0.386. The van der Waals surface area contributed by atoms with E-state index in [9.17, 15) is 0 Å². The van der Waals surface area contributed by atoms with Gasteiger partial charge in [-0.15, -0.1) is 0 Å². The molecule has 0 saturated heterocycles. The molecule has 1 N–H and O–H groups in total. The number of hydrogen-bond acceptors (Lipinski definition) is 3. The average molecular weight is 167 g/mol. The molecule has 0 aliphatic carbocycles. The van der Waals surface area contributed by atoms with Gasteiger partial charge in [-0.3, -0.25) is 4.99 Å². The van der Waals surface area contributed by atoms with Gasteiger partial charge in [0.25, 0.3) is 0 Å². The van der Waals surface area contributed by atoms with Crippen LogP contribution in [0, 0.1) is 0 Å². The van der Waals surface area contributed by atoms with Gasteiger partial charge in [0.15, 0.2) is 0 Å². The van der Waals surface area contributed by atoms with Gasteiger partial charge in [0.2, 0.25) is 5.62 Å². The second kappa shape index (κ2) is 3.90. The fourth-order valence-electron chi connectivity index (χ4n) is 0.790. The van der Waals surface area contributed by atoms with Crippen LogP contribution in [0.2, 0.25) is 0 Å². The maximum atomic E-state index is 7.60. The lowest BCUT2D eigenvalue weighted by Gasteiger charge is -2.14. The minimum Gasteiger partial charge on any atom is -0.360 e. The number of hydrogen-bond donors (Lipinski definition) is 1. The third kappa shape index (κ3) is 1.84. The topological polar surface area (TPSA) is 44.3 Å². The van der Waals surface area contributed by atoms with Crippen LogP contribution >= 0.6 is 0 Å². The van der Waals surface area contributed by atoms with Gasteiger partial charge in [-0.05, 0) is 13.0 Å². The van der Waals surface area contributed by atoms with E-state index in [-0.39, 0.29) is 0 Å². The first-order valence-electron chi connectivity index (χ1n) is 4.39. The zero-order chi connectivity index (χ0) is 9.84. The molecule has 12 heavy (non-hydrogen) atoms. The van der Waals surface area contributed by atoms with Gasteiger partial charge < -0.3 is 9.88 Å². The standard InChI is InChI=1S/C8H14N4/c1-4-12(3)7-5-6-10-8(9-2)11-7/h5-6H,4H2,1-3H3,(H,9,10,11)/i5D. The first-order valence-corrected chi connectivity index (χ1v) is 3.89. The molecular weight excluding hydrogens is 152 g/mol. The molecule has 0 atom stereocenters. The van der Waals surface area contributed by atoms with Crippen molar-refractivity contribution >= 4 is 5.82 Å². The summed E-state index contributed by atoms with van der Waals surface area (Å²) in [7, 11) is 3.57. The van der Waals surface area contributed by atoms with Crippen molar-refractivity contribution in [3.8, 4) is 0 Å². The van der Waals surface area contributed by atoms with Crippen LogP contribution in [0.4, 0.5) is 5.82 Å². The van der Waals surface area contributed by atoms with Gasteiger partial charge in [0.05, 0.1) is 1.37 Å². The number of aromatic amines is 1. The number of rotatable bonds is 2. The maximum Gasteiger partial charge on any atom is 0.223 e. The van der Waals surface area contributed by atoms with Crippen molar-refractivity contribution in [3.63, 3.8) is 0 Å². The van der Waals surface area contributed by atoms with Crippen molar-refractivity contribution in [2.45, 2.75) is 6.92 Å². The van der Waals surface area contributed by atoms with Gasteiger partial charge in [-0.25, -0.2) is 0 Å². The maximum absolute atomic E-state index is 7.60. The van der Waals surface area contributed by atoms with Crippen molar-refractivity contribution in [3.05, 3.63) is 17.9 Å². The SMILES string of the molecule is [2H]c1c[nH]c(=NC)nc1N(C)CC. The Hall–Kier alpha value is -1.32. The Morgan fingerprint density at radius 2 is 2.58 bits per heavy atom. The van der Waals surface area contributed by atoms with Crippen molar-refractivity contribution in [2.75, 3.05) is 25.5 Å². The Labute approximate surface area is 73.4 Å². The zero-order valence-electron chi connectivity index (χ0n) is 8.63. The molecule has 0 aromatic carbocycles. The van der Waals surface area contributed by atoms with Gasteiger partial charge in [0, 0.05) is 26.8 Å². The van der Waals surface area contributed by atoms with E-state index in [4.69, 9.17) is 1.37 Å². The van der Waals surface area contributed by atoms with Crippen LogP contribution in [0.5, 0.6) is 0 Å². The van der Waals surface area contributed by atoms with E-state index < -0.39 is 0 Å². The highest BCUT2D eigenvalue weighted by Crippen LogP contribution is 2.01. The van der Waals surface area contributed by atoms with E-state index in [1.54, 1.807) is 13.2 Å². The van der Waals surface area contributed by atoms with E-state index in [1.807, 2.05) is 18.9 Å². The highest BCUT2D eigenvalue weighted by atomic mass is 15.2. The molecule has 0 amide bonds. The molecule has 1 aromatic rings. The van der Waals surface area contributed by atoms with Crippen LogP contribution in [0.25, 0.3) is 0 Å². The highest BCUT2D eigenvalue weighted by Gasteiger charge is 1.96. The summed E-state index contributed by atoms with van der Waals surface area (Å²) >= 11 is 0. The van der Waals surface area contributed by atoms with Crippen molar-refractivity contribution in [1.29, 1.82) is 0 Å². The first-order chi connectivity index (χ1) is 6.19. The Morgan fingerprint density at radius 3 is 3.17 bits per heavy atom. The molecule has 66 valence electrons. The number of aromatic nitrogens is 2. The van der Waals surface area contributed by atoms with E-state index in [1.165, 1.54) is 0 Å². The molecule has 0 fully saturated rings. The molecule has 0 aliphatic rings. The summed E-state index contributed by atoms with van der Waals surface area (Å²) in [6.45, 7) is 2.84. The summed E-state index contributed by atoms with van der Waals surface area (Å²) in [5.74, 6) is 0.654. The minimum absolute atomic E-state index is 0.386. The third-order valence-electron chi connectivity index (χ3n) is 1.66. The van der Waals surface area contributed by atoms with Crippen LogP contribution in [-0.2, 0) is 0 Å². The summed E-state index contributed by atoms with van der Waals surface area (Å²) in [5, 5.41) is 0.